The smallest absolute Gasteiger partial charge is 0.422 e. The molecule has 1 aliphatic heterocycles. The highest BCUT2D eigenvalue weighted by molar-refractivity contribution is 5.89. The molecule has 0 bridgehead atoms. The van der Waals surface area contributed by atoms with Gasteiger partial charge in [-0.05, 0) is 55.7 Å². The maximum atomic E-state index is 13.6. The zero-order chi connectivity index (χ0) is 23.5. The quantitative estimate of drug-likeness (QED) is 0.628. The monoisotopic (exact) mass is 443 g/mol. The van der Waals surface area contributed by atoms with E-state index in [1.54, 1.807) is 13.8 Å². The highest BCUT2D eigenvalue weighted by Gasteiger charge is 2.54. The Hall–Kier alpha value is -3.08. The number of aromatic nitrogens is 1. The number of anilines is 1. The first kappa shape index (κ1) is 22.6. The molecule has 2 unspecified atom stereocenters. The Balaban J connectivity index is 2.13. The number of aryl methyl sites for hydroxylation is 2. The van der Waals surface area contributed by atoms with Crippen LogP contribution in [0.1, 0.15) is 29.3 Å². The highest BCUT2D eigenvalue weighted by Crippen LogP contribution is 2.41. The van der Waals surface area contributed by atoms with Gasteiger partial charge < -0.3 is 25.5 Å². The van der Waals surface area contributed by atoms with Crippen LogP contribution in [0.3, 0.4) is 0 Å². The fraction of sp³-hybridized carbons (Fsp3) is 0.400. The van der Waals surface area contributed by atoms with E-state index >= 15 is 0 Å². The van der Waals surface area contributed by atoms with Crippen molar-refractivity contribution < 1.29 is 32.2 Å². The van der Waals surface area contributed by atoms with Crippen molar-refractivity contribution in [2.45, 2.75) is 44.7 Å². The van der Waals surface area contributed by atoms with E-state index in [9.17, 15) is 32.3 Å². The van der Waals surface area contributed by atoms with Crippen LogP contribution in [0.4, 0.5) is 23.2 Å². The second kappa shape index (κ2) is 6.98. The van der Waals surface area contributed by atoms with E-state index in [0.29, 0.717) is 22.6 Å². The van der Waals surface area contributed by atoms with Crippen molar-refractivity contribution >= 4 is 11.6 Å². The summed E-state index contributed by atoms with van der Waals surface area (Å²) in [5, 5.41) is 12.7. The van der Waals surface area contributed by atoms with Crippen LogP contribution < -0.4 is 21.3 Å². The van der Waals surface area contributed by atoms with Gasteiger partial charge >= 0.3 is 6.18 Å². The summed E-state index contributed by atoms with van der Waals surface area (Å²) >= 11 is 0. The Morgan fingerprint density at radius 3 is 2.29 bits per heavy atom. The number of primary amides is 1. The maximum absolute atomic E-state index is 13.6. The Kier molecular flexibility index (Phi) is 5.09. The second-order valence-electron chi connectivity index (χ2n) is 7.83. The molecule has 31 heavy (non-hydrogen) atoms. The topological polar surface area (TPSA) is 107 Å². The zero-order valence-electron chi connectivity index (χ0n) is 17.1. The van der Waals surface area contributed by atoms with Crippen LogP contribution in [0.5, 0.6) is 5.75 Å². The lowest BCUT2D eigenvalue weighted by molar-refractivity contribution is -0.261. The number of hydrogen-bond donors (Lipinski definition) is 3. The Morgan fingerprint density at radius 1 is 1.26 bits per heavy atom. The van der Waals surface area contributed by atoms with Gasteiger partial charge in [0.05, 0.1) is 5.69 Å². The summed E-state index contributed by atoms with van der Waals surface area (Å²) in [6.45, 7) is 3.61. The third kappa shape index (κ3) is 3.52. The lowest BCUT2D eigenvalue weighted by Crippen LogP contribution is -2.54. The predicted octanol–water partition coefficient (Wildman–Crippen LogP) is 2.14. The van der Waals surface area contributed by atoms with E-state index in [-0.39, 0.29) is 23.4 Å². The number of nitrogens with one attached hydrogen (secondary N) is 1. The SMILES string of the molecule is Cc1cc(F)cc(C)c1OC1(C(N)=O)Cc2cc(C(C)(O)C(F)(F)F)n(C)c(=O)c2N1. The van der Waals surface area contributed by atoms with Crippen molar-refractivity contribution in [3.05, 3.63) is 56.8 Å². The molecule has 168 valence electrons. The van der Waals surface area contributed by atoms with Gasteiger partial charge in [0.25, 0.3) is 17.2 Å². The maximum Gasteiger partial charge on any atom is 0.422 e. The van der Waals surface area contributed by atoms with Crippen LogP contribution >= 0.6 is 0 Å². The molecule has 0 aliphatic carbocycles. The van der Waals surface area contributed by atoms with Gasteiger partial charge in [0.15, 0.2) is 5.60 Å². The number of fused-ring (bicyclic) bond motifs is 1. The lowest BCUT2D eigenvalue weighted by atomic mass is 9.97. The van der Waals surface area contributed by atoms with Crippen LogP contribution in [0, 0.1) is 19.7 Å². The van der Waals surface area contributed by atoms with E-state index in [2.05, 4.69) is 5.32 Å². The lowest BCUT2D eigenvalue weighted by Gasteiger charge is -2.29. The number of ether oxygens (including phenoxy) is 1. The average Bonchev–Trinajstić information content (AvgIpc) is 3.00. The molecule has 0 fully saturated rings. The third-order valence-corrected chi connectivity index (χ3v) is 5.43. The number of rotatable bonds is 4. The number of hydrogen-bond acceptors (Lipinski definition) is 5. The first-order chi connectivity index (χ1) is 14.1. The molecule has 1 aromatic carbocycles. The van der Waals surface area contributed by atoms with E-state index in [1.807, 2.05) is 0 Å². The molecule has 0 saturated heterocycles. The Morgan fingerprint density at radius 2 is 1.81 bits per heavy atom. The molecule has 0 saturated carbocycles. The van der Waals surface area contributed by atoms with Crippen molar-refractivity contribution in [1.29, 1.82) is 0 Å². The van der Waals surface area contributed by atoms with Gasteiger partial charge in [0.1, 0.15) is 17.3 Å². The number of carbonyl (C=O) groups excluding carboxylic acids is 1. The molecule has 11 heteroatoms. The van der Waals surface area contributed by atoms with Crippen LogP contribution in [-0.4, -0.2) is 27.5 Å². The average molecular weight is 443 g/mol. The molecule has 0 radical (unpaired) electrons. The summed E-state index contributed by atoms with van der Waals surface area (Å²) in [6.07, 6.45) is -5.44. The number of alkyl halides is 3. The van der Waals surface area contributed by atoms with Crippen LogP contribution in [-0.2, 0) is 23.9 Å². The van der Waals surface area contributed by atoms with Gasteiger partial charge in [-0.2, -0.15) is 13.2 Å². The minimum atomic E-state index is -5.06. The molecule has 2 aromatic rings. The molecule has 1 amide bonds. The molecule has 2 heterocycles. The number of pyridine rings is 1. The summed E-state index contributed by atoms with van der Waals surface area (Å²) in [5.41, 5.74) is -0.863. The van der Waals surface area contributed by atoms with Gasteiger partial charge in [-0.1, -0.05) is 0 Å². The van der Waals surface area contributed by atoms with E-state index in [4.69, 9.17) is 10.5 Å². The van der Waals surface area contributed by atoms with Gasteiger partial charge in [0.2, 0.25) is 0 Å². The van der Waals surface area contributed by atoms with Crippen molar-refractivity contribution in [1.82, 2.24) is 4.57 Å². The number of nitrogens with two attached hydrogens (primary N) is 1. The minimum Gasteiger partial charge on any atom is -0.458 e. The Bertz CT molecular complexity index is 1120. The van der Waals surface area contributed by atoms with E-state index < -0.39 is 40.5 Å². The van der Waals surface area contributed by atoms with Crippen molar-refractivity contribution in [3.63, 3.8) is 0 Å². The van der Waals surface area contributed by atoms with Crippen molar-refractivity contribution in [2.24, 2.45) is 12.8 Å². The molecule has 4 N–H and O–H groups in total. The van der Waals surface area contributed by atoms with E-state index in [0.717, 1.165) is 13.1 Å². The molecular formula is C20H21F4N3O4. The minimum absolute atomic E-state index is 0.0128. The van der Waals surface area contributed by atoms with Crippen molar-refractivity contribution in [3.8, 4) is 5.75 Å². The van der Waals surface area contributed by atoms with Gasteiger partial charge in [-0.3, -0.25) is 9.59 Å². The fourth-order valence-electron chi connectivity index (χ4n) is 3.64. The van der Waals surface area contributed by atoms with Crippen molar-refractivity contribution in [2.75, 3.05) is 5.32 Å². The van der Waals surface area contributed by atoms with Crippen LogP contribution in [0.2, 0.25) is 0 Å². The molecule has 2 atom stereocenters. The third-order valence-electron chi connectivity index (χ3n) is 5.43. The first-order valence-corrected chi connectivity index (χ1v) is 9.17. The number of amides is 1. The number of aliphatic hydroxyl groups is 1. The second-order valence-corrected chi connectivity index (χ2v) is 7.83. The van der Waals surface area contributed by atoms with E-state index in [1.165, 1.54) is 12.1 Å². The predicted molar refractivity (Wildman–Crippen MR) is 103 cm³/mol. The summed E-state index contributed by atoms with van der Waals surface area (Å²) in [6, 6.07) is 3.34. The summed E-state index contributed by atoms with van der Waals surface area (Å²) in [5.74, 6) is -1.41. The highest BCUT2D eigenvalue weighted by atomic mass is 19.4. The largest absolute Gasteiger partial charge is 0.458 e. The zero-order valence-corrected chi connectivity index (χ0v) is 17.1. The summed E-state index contributed by atoms with van der Waals surface area (Å²) in [7, 11) is 1.07. The molecule has 7 nitrogen and oxygen atoms in total. The number of nitrogens with zero attached hydrogens (tertiary/aromatic N) is 1. The fourth-order valence-corrected chi connectivity index (χ4v) is 3.64. The first-order valence-electron chi connectivity index (χ1n) is 9.17. The van der Waals surface area contributed by atoms with Crippen LogP contribution in [0.25, 0.3) is 0 Å². The van der Waals surface area contributed by atoms with Gasteiger partial charge in [-0.15, -0.1) is 0 Å². The molecule has 3 rings (SSSR count). The number of halogens is 4. The summed E-state index contributed by atoms with van der Waals surface area (Å²) in [4.78, 5) is 25.1. The molecule has 1 aromatic heterocycles. The van der Waals surface area contributed by atoms with Gasteiger partial charge in [0, 0.05) is 13.5 Å². The van der Waals surface area contributed by atoms with Crippen LogP contribution in [0.15, 0.2) is 23.0 Å². The summed E-state index contributed by atoms with van der Waals surface area (Å²) < 4.78 is 60.2. The van der Waals surface area contributed by atoms with Gasteiger partial charge in [-0.25, -0.2) is 4.39 Å². The molecular weight excluding hydrogens is 422 g/mol. The number of carbonyl (C=O) groups is 1. The molecule has 0 spiro atoms. The molecule has 1 aliphatic rings. The standard InChI is InChI=1S/C20H21F4N3O4/c1-9-5-12(21)6-10(2)15(9)31-19(17(25)29)8-11-7-13(18(3,30)20(22,23)24)27(4)16(28)14(11)26-19/h5-7,26,30H,8H2,1-4H3,(H2,25,29). The Labute approximate surface area is 174 Å². The normalized spacial score (nSPS) is 20.0. The number of benzene rings is 1.